The Bertz CT molecular complexity index is 980. The number of nitrogens with zero attached hydrogens (tertiary/aromatic N) is 3. The number of carbonyl (C=O) groups is 1. The Kier molecular flexibility index (Phi) is 6.32. The average Bonchev–Trinajstić information content (AvgIpc) is 3.32. The van der Waals surface area contributed by atoms with Gasteiger partial charge in [-0.2, -0.15) is 0 Å². The number of hydrogen-bond donors (Lipinski definition) is 2. The SMILES string of the molecule is CC(C)NCCC(=O)Nc1sc2c(c1-c1nc(-c3cncnc3)cs1)CCCC2. The molecule has 3 aromatic heterocycles. The molecule has 6 nitrogen and oxygen atoms in total. The van der Waals surface area contributed by atoms with Crippen molar-refractivity contribution in [1.82, 2.24) is 20.3 Å². The Labute approximate surface area is 178 Å². The largest absolute Gasteiger partial charge is 0.317 e. The molecule has 0 bridgehead atoms. The monoisotopic (exact) mass is 427 g/mol. The molecule has 0 radical (unpaired) electrons. The number of hydrogen-bond acceptors (Lipinski definition) is 7. The molecule has 1 aliphatic carbocycles. The van der Waals surface area contributed by atoms with Crippen molar-refractivity contribution in [3.8, 4) is 21.8 Å². The van der Waals surface area contributed by atoms with E-state index in [1.165, 1.54) is 29.6 Å². The highest BCUT2D eigenvalue weighted by atomic mass is 32.1. The summed E-state index contributed by atoms with van der Waals surface area (Å²) in [5.74, 6) is 0.0474. The predicted octanol–water partition coefficient (Wildman–Crippen LogP) is 4.53. The van der Waals surface area contributed by atoms with Gasteiger partial charge in [-0.1, -0.05) is 13.8 Å². The van der Waals surface area contributed by atoms with E-state index < -0.39 is 0 Å². The first-order valence-corrected chi connectivity index (χ1v) is 11.7. The summed E-state index contributed by atoms with van der Waals surface area (Å²) in [6.07, 6.45) is 10.1. The van der Waals surface area contributed by atoms with E-state index in [1.54, 1.807) is 35.1 Å². The van der Waals surface area contributed by atoms with Crippen LogP contribution in [0, 0.1) is 0 Å². The number of fused-ring (bicyclic) bond motifs is 1. The Balaban J connectivity index is 1.61. The fourth-order valence-corrected chi connectivity index (χ4v) is 5.77. The molecular formula is C21H25N5OS2. The van der Waals surface area contributed by atoms with Crippen LogP contribution < -0.4 is 10.6 Å². The zero-order chi connectivity index (χ0) is 20.2. The lowest BCUT2D eigenvalue weighted by Gasteiger charge is -2.12. The molecule has 0 saturated heterocycles. The van der Waals surface area contributed by atoms with Gasteiger partial charge in [0.05, 0.1) is 5.69 Å². The third-order valence-electron chi connectivity index (χ3n) is 4.90. The minimum absolute atomic E-state index is 0.0474. The van der Waals surface area contributed by atoms with Crippen molar-refractivity contribution in [1.29, 1.82) is 0 Å². The van der Waals surface area contributed by atoms with Crippen LogP contribution in [0.4, 0.5) is 5.00 Å². The summed E-state index contributed by atoms with van der Waals surface area (Å²) in [5.41, 5.74) is 4.26. The summed E-state index contributed by atoms with van der Waals surface area (Å²) in [6.45, 7) is 4.85. The van der Waals surface area contributed by atoms with Crippen molar-refractivity contribution < 1.29 is 4.79 Å². The maximum Gasteiger partial charge on any atom is 0.226 e. The zero-order valence-electron chi connectivity index (χ0n) is 16.7. The van der Waals surface area contributed by atoms with Crippen molar-refractivity contribution in [2.24, 2.45) is 0 Å². The maximum atomic E-state index is 12.5. The Morgan fingerprint density at radius 3 is 2.79 bits per heavy atom. The van der Waals surface area contributed by atoms with E-state index in [0.29, 0.717) is 19.0 Å². The van der Waals surface area contributed by atoms with Gasteiger partial charge in [-0.05, 0) is 31.2 Å². The number of thiazole rings is 1. The molecule has 0 unspecified atom stereocenters. The molecule has 0 aliphatic heterocycles. The highest BCUT2D eigenvalue weighted by Gasteiger charge is 2.25. The number of thiophene rings is 1. The van der Waals surface area contributed by atoms with E-state index >= 15 is 0 Å². The number of anilines is 1. The Morgan fingerprint density at radius 2 is 2.00 bits per heavy atom. The lowest BCUT2D eigenvalue weighted by Crippen LogP contribution is -2.27. The van der Waals surface area contributed by atoms with Crippen molar-refractivity contribution in [3.63, 3.8) is 0 Å². The van der Waals surface area contributed by atoms with Crippen LogP contribution in [0.25, 0.3) is 21.8 Å². The summed E-state index contributed by atoms with van der Waals surface area (Å²) < 4.78 is 0. The quantitative estimate of drug-likeness (QED) is 0.579. The number of amides is 1. The van der Waals surface area contributed by atoms with Crippen molar-refractivity contribution >= 4 is 33.6 Å². The van der Waals surface area contributed by atoms with Gasteiger partial charge in [0, 0.05) is 52.8 Å². The van der Waals surface area contributed by atoms with Gasteiger partial charge < -0.3 is 10.6 Å². The molecule has 0 aromatic carbocycles. The molecule has 3 aromatic rings. The van der Waals surface area contributed by atoms with Crippen molar-refractivity contribution in [2.45, 2.75) is 52.0 Å². The highest BCUT2D eigenvalue weighted by Crippen LogP contribution is 2.45. The molecule has 8 heteroatoms. The van der Waals surface area contributed by atoms with Gasteiger partial charge in [-0.3, -0.25) is 4.79 Å². The van der Waals surface area contributed by atoms with Gasteiger partial charge in [-0.15, -0.1) is 22.7 Å². The average molecular weight is 428 g/mol. The van der Waals surface area contributed by atoms with Crippen LogP contribution in [0.5, 0.6) is 0 Å². The van der Waals surface area contributed by atoms with Gasteiger partial charge in [-0.25, -0.2) is 15.0 Å². The molecule has 0 atom stereocenters. The summed E-state index contributed by atoms with van der Waals surface area (Å²) in [7, 11) is 0. The second-order valence-corrected chi connectivity index (χ2v) is 9.45. The molecule has 1 amide bonds. The van der Waals surface area contributed by atoms with Crippen LogP contribution in [0.3, 0.4) is 0 Å². The van der Waals surface area contributed by atoms with E-state index in [-0.39, 0.29) is 5.91 Å². The first-order valence-electron chi connectivity index (χ1n) is 10.0. The summed E-state index contributed by atoms with van der Waals surface area (Å²) in [5, 5.41) is 10.4. The van der Waals surface area contributed by atoms with Gasteiger partial charge in [0.1, 0.15) is 16.3 Å². The zero-order valence-corrected chi connectivity index (χ0v) is 18.3. The molecule has 0 saturated carbocycles. The topological polar surface area (TPSA) is 79.8 Å². The van der Waals surface area contributed by atoms with Crippen LogP contribution >= 0.6 is 22.7 Å². The number of carbonyl (C=O) groups excluding carboxylic acids is 1. The lowest BCUT2D eigenvalue weighted by molar-refractivity contribution is -0.116. The second-order valence-electron chi connectivity index (χ2n) is 7.49. The van der Waals surface area contributed by atoms with Crippen LogP contribution in [0.15, 0.2) is 24.1 Å². The molecule has 2 N–H and O–H groups in total. The second kappa shape index (κ2) is 9.11. The predicted molar refractivity (Wildman–Crippen MR) is 119 cm³/mol. The van der Waals surface area contributed by atoms with Crippen LogP contribution in [-0.4, -0.2) is 33.4 Å². The molecule has 29 heavy (non-hydrogen) atoms. The molecule has 152 valence electrons. The van der Waals surface area contributed by atoms with Gasteiger partial charge in [0.2, 0.25) is 5.91 Å². The fourth-order valence-electron chi connectivity index (χ4n) is 3.50. The molecule has 1 aliphatic rings. The number of nitrogens with one attached hydrogen (secondary N) is 2. The van der Waals surface area contributed by atoms with Crippen molar-refractivity contribution in [2.75, 3.05) is 11.9 Å². The molecule has 0 fully saturated rings. The summed E-state index contributed by atoms with van der Waals surface area (Å²) in [4.78, 5) is 27.0. The molecule has 3 heterocycles. The van der Waals surface area contributed by atoms with Crippen LogP contribution in [-0.2, 0) is 17.6 Å². The fraction of sp³-hybridized carbons (Fsp3) is 0.429. The number of rotatable bonds is 7. The van der Waals surface area contributed by atoms with Gasteiger partial charge in [0.15, 0.2) is 0 Å². The van der Waals surface area contributed by atoms with Gasteiger partial charge in [0.25, 0.3) is 0 Å². The molecule has 4 rings (SSSR count). The first-order chi connectivity index (χ1) is 14.1. The first kappa shape index (κ1) is 20.1. The van der Waals surface area contributed by atoms with E-state index in [2.05, 4.69) is 34.4 Å². The van der Waals surface area contributed by atoms with E-state index in [0.717, 1.165) is 39.7 Å². The number of aromatic nitrogens is 3. The molecular weight excluding hydrogens is 402 g/mol. The summed E-state index contributed by atoms with van der Waals surface area (Å²) >= 11 is 3.33. The highest BCUT2D eigenvalue weighted by molar-refractivity contribution is 7.18. The van der Waals surface area contributed by atoms with E-state index in [4.69, 9.17) is 4.98 Å². The van der Waals surface area contributed by atoms with Gasteiger partial charge >= 0.3 is 0 Å². The Hall–Kier alpha value is -2.16. The normalized spacial score (nSPS) is 13.5. The van der Waals surface area contributed by atoms with Crippen LogP contribution in [0.2, 0.25) is 0 Å². The minimum Gasteiger partial charge on any atom is -0.317 e. The minimum atomic E-state index is 0.0474. The molecule has 0 spiro atoms. The van der Waals surface area contributed by atoms with Crippen LogP contribution in [0.1, 0.15) is 43.6 Å². The smallest absolute Gasteiger partial charge is 0.226 e. The third kappa shape index (κ3) is 4.71. The maximum absolute atomic E-state index is 12.5. The number of aryl methyl sites for hydroxylation is 1. The Morgan fingerprint density at radius 1 is 1.21 bits per heavy atom. The van der Waals surface area contributed by atoms with Crippen molar-refractivity contribution in [3.05, 3.63) is 34.5 Å². The standard InChI is InChI=1S/C21H25N5OS2/c1-13(2)24-8-7-18(27)26-21-19(15-5-3-4-6-17(15)29-21)20-25-16(11-28-20)14-9-22-12-23-10-14/h9-13,24H,3-8H2,1-2H3,(H,26,27). The third-order valence-corrected chi connectivity index (χ3v) is 6.97. The summed E-state index contributed by atoms with van der Waals surface area (Å²) in [6, 6.07) is 0.378. The van der Waals surface area contributed by atoms with E-state index in [9.17, 15) is 4.79 Å². The lowest BCUT2D eigenvalue weighted by atomic mass is 9.95. The van der Waals surface area contributed by atoms with E-state index in [1.807, 2.05) is 5.38 Å².